The molecular weight excluding hydrogens is 231 g/mol. The Kier molecular flexibility index (Phi) is 4.05. The Balaban J connectivity index is 3.04. The molecule has 2 nitrogen and oxygen atoms in total. The quantitative estimate of drug-likeness (QED) is 0.608. The highest BCUT2D eigenvalue weighted by Crippen LogP contribution is 2.22. The van der Waals surface area contributed by atoms with Crippen LogP contribution in [0.15, 0.2) is 18.2 Å². The molecule has 0 amide bonds. The van der Waals surface area contributed by atoms with Gasteiger partial charge in [-0.3, -0.25) is 9.59 Å². The number of ketones is 2. The van der Waals surface area contributed by atoms with E-state index in [1.165, 1.54) is 0 Å². The van der Waals surface area contributed by atoms with Crippen molar-refractivity contribution in [3.63, 3.8) is 0 Å². The molecular formula is C15H19FO2. The second-order valence-corrected chi connectivity index (χ2v) is 5.66. The van der Waals surface area contributed by atoms with Crippen LogP contribution in [0.3, 0.4) is 0 Å². The van der Waals surface area contributed by atoms with E-state index < -0.39 is 23.2 Å². The molecule has 0 aromatic heterocycles. The van der Waals surface area contributed by atoms with Crippen molar-refractivity contribution in [1.29, 1.82) is 0 Å². The number of benzene rings is 1. The largest absolute Gasteiger partial charge is 0.295 e. The summed E-state index contributed by atoms with van der Waals surface area (Å²) in [5.41, 5.74) is 1.13. The Morgan fingerprint density at radius 2 is 1.72 bits per heavy atom. The van der Waals surface area contributed by atoms with Gasteiger partial charge in [0.1, 0.15) is 0 Å². The molecule has 0 aliphatic heterocycles. The zero-order chi connectivity index (χ0) is 14.1. The van der Waals surface area contributed by atoms with Gasteiger partial charge >= 0.3 is 0 Å². The second-order valence-electron chi connectivity index (χ2n) is 5.66. The third-order valence-corrected chi connectivity index (χ3v) is 2.85. The monoisotopic (exact) mass is 250 g/mol. The summed E-state index contributed by atoms with van der Waals surface area (Å²) in [7, 11) is 0. The van der Waals surface area contributed by atoms with E-state index in [0.29, 0.717) is 5.56 Å². The van der Waals surface area contributed by atoms with Gasteiger partial charge in [-0.25, -0.2) is 4.39 Å². The van der Waals surface area contributed by atoms with Crippen molar-refractivity contribution >= 4 is 11.6 Å². The molecule has 0 bridgehead atoms. The van der Waals surface area contributed by atoms with Gasteiger partial charge in [-0.1, -0.05) is 44.5 Å². The number of alkyl halides is 1. The predicted molar refractivity (Wildman–Crippen MR) is 69.6 cm³/mol. The topological polar surface area (TPSA) is 34.1 Å². The lowest BCUT2D eigenvalue weighted by Crippen LogP contribution is -2.35. The Morgan fingerprint density at radius 1 is 1.17 bits per heavy atom. The maximum Gasteiger partial charge on any atom is 0.221 e. The zero-order valence-electron chi connectivity index (χ0n) is 11.5. The van der Waals surface area contributed by atoms with Crippen molar-refractivity contribution in [2.75, 3.05) is 0 Å². The van der Waals surface area contributed by atoms with Crippen LogP contribution in [-0.4, -0.2) is 17.7 Å². The van der Waals surface area contributed by atoms with Gasteiger partial charge in [0.25, 0.3) is 0 Å². The van der Waals surface area contributed by atoms with E-state index in [4.69, 9.17) is 0 Å². The number of carbonyl (C=O) groups is 2. The maximum atomic E-state index is 14.0. The third kappa shape index (κ3) is 3.03. The van der Waals surface area contributed by atoms with Crippen LogP contribution in [0.4, 0.5) is 4.39 Å². The summed E-state index contributed by atoms with van der Waals surface area (Å²) in [5.74, 6) is -1.42. The molecule has 1 aromatic carbocycles. The highest BCUT2D eigenvalue weighted by molar-refractivity contribution is 6.14. The van der Waals surface area contributed by atoms with Crippen LogP contribution in [-0.2, 0) is 4.79 Å². The molecule has 0 aliphatic rings. The Labute approximate surface area is 107 Å². The third-order valence-electron chi connectivity index (χ3n) is 2.85. The molecule has 0 fully saturated rings. The summed E-state index contributed by atoms with van der Waals surface area (Å²) in [5, 5.41) is 0. The van der Waals surface area contributed by atoms with Crippen LogP contribution in [0.1, 0.15) is 42.3 Å². The number of rotatable bonds is 3. The molecule has 0 spiro atoms. The van der Waals surface area contributed by atoms with Gasteiger partial charge in [-0.05, 0) is 19.4 Å². The second kappa shape index (κ2) is 5.01. The minimum atomic E-state index is -2.08. The van der Waals surface area contributed by atoms with Crippen molar-refractivity contribution in [3.8, 4) is 0 Å². The summed E-state index contributed by atoms with van der Waals surface area (Å²) >= 11 is 0. The Morgan fingerprint density at radius 3 is 2.17 bits per heavy atom. The van der Waals surface area contributed by atoms with Crippen LogP contribution in [0, 0.1) is 19.3 Å². The first-order valence-corrected chi connectivity index (χ1v) is 5.94. The lowest BCUT2D eigenvalue weighted by molar-refractivity contribution is -0.129. The molecule has 98 valence electrons. The van der Waals surface area contributed by atoms with Crippen molar-refractivity contribution < 1.29 is 14.0 Å². The molecule has 0 aliphatic carbocycles. The minimum absolute atomic E-state index is 0.283. The Bertz CT molecular complexity index is 484. The van der Waals surface area contributed by atoms with Gasteiger partial charge in [-0.15, -0.1) is 0 Å². The molecule has 1 atom stereocenters. The number of carbonyl (C=O) groups excluding carboxylic acids is 2. The fourth-order valence-electron chi connectivity index (χ4n) is 1.73. The van der Waals surface area contributed by atoms with E-state index in [1.54, 1.807) is 39.8 Å². The lowest BCUT2D eigenvalue weighted by Gasteiger charge is -2.19. The smallest absolute Gasteiger partial charge is 0.221 e. The SMILES string of the molecule is Cc1ccc(C(=O)C(F)C(=O)C(C)(C)C)c(C)c1. The molecule has 0 saturated heterocycles. The number of aryl methyl sites for hydroxylation is 2. The number of hydrogen-bond donors (Lipinski definition) is 0. The molecule has 1 unspecified atom stereocenters. The average Bonchev–Trinajstić information content (AvgIpc) is 2.25. The van der Waals surface area contributed by atoms with Gasteiger partial charge in [0.15, 0.2) is 5.78 Å². The summed E-state index contributed by atoms with van der Waals surface area (Å²) in [6.45, 7) is 8.47. The van der Waals surface area contributed by atoms with Crippen LogP contribution in [0.2, 0.25) is 0 Å². The summed E-state index contributed by atoms with van der Waals surface area (Å²) in [6.07, 6.45) is -2.08. The first kappa shape index (κ1) is 14.6. The van der Waals surface area contributed by atoms with E-state index in [2.05, 4.69) is 0 Å². The van der Waals surface area contributed by atoms with Gasteiger partial charge in [-0.2, -0.15) is 0 Å². The van der Waals surface area contributed by atoms with E-state index in [0.717, 1.165) is 5.56 Å². The van der Waals surface area contributed by atoms with E-state index in [-0.39, 0.29) is 5.56 Å². The summed E-state index contributed by atoms with van der Waals surface area (Å²) in [4.78, 5) is 23.7. The number of hydrogen-bond acceptors (Lipinski definition) is 2. The fourth-order valence-corrected chi connectivity index (χ4v) is 1.73. The molecule has 0 radical (unpaired) electrons. The first-order chi connectivity index (χ1) is 8.14. The fraction of sp³-hybridized carbons (Fsp3) is 0.467. The molecule has 3 heteroatoms. The van der Waals surface area contributed by atoms with Crippen molar-refractivity contribution in [2.24, 2.45) is 5.41 Å². The van der Waals surface area contributed by atoms with Gasteiger partial charge < -0.3 is 0 Å². The molecule has 0 heterocycles. The standard InChI is InChI=1S/C15H19FO2/c1-9-6-7-11(10(2)8-9)13(17)12(16)14(18)15(3,4)5/h6-8,12H,1-5H3. The van der Waals surface area contributed by atoms with Crippen LogP contribution < -0.4 is 0 Å². The molecule has 1 rings (SSSR count). The van der Waals surface area contributed by atoms with Crippen LogP contribution in [0.25, 0.3) is 0 Å². The van der Waals surface area contributed by atoms with Crippen molar-refractivity contribution in [1.82, 2.24) is 0 Å². The number of Topliss-reactive ketones (excluding diaryl/α,β-unsaturated/α-hetero) is 2. The van der Waals surface area contributed by atoms with Gasteiger partial charge in [0.2, 0.25) is 12.0 Å². The van der Waals surface area contributed by atoms with E-state index in [1.807, 2.05) is 13.0 Å². The van der Waals surface area contributed by atoms with Gasteiger partial charge in [0, 0.05) is 11.0 Å². The summed E-state index contributed by atoms with van der Waals surface area (Å²) in [6, 6.07) is 5.13. The molecule has 1 aromatic rings. The van der Waals surface area contributed by atoms with Crippen molar-refractivity contribution in [3.05, 3.63) is 34.9 Å². The molecule has 0 saturated carbocycles. The summed E-state index contributed by atoms with van der Waals surface area (Å²) < 4.78 is 14.0. The minimum Gasteiger partial charge on any atom is -0.295 e. The average molecular weight is 250 g/mol. The maximum absolute atomic E-state index is 14.0. The Hall–Kier alpha value is -1.51. The normalized spacial score (nSPS) is 13.2. The van der Waals surface area contributed by atoms with Crippen LogP contribution >= 0.6 is 0 Å². The highest BCUT2D eigenvalue weighted by Gasteiger charge is 2.35. The molecule has 0 N–H and O–H groups in total. The van der Waals surface area contributed by atoms with Gasteiger partial charge in [0.05, 0.1) is 0 Å². The zero-order valence-corrected chi connectivity index (χ0v) is 11.5. The lowest BCUT2D eigenvalue weighted by atomic mass is 9.85. The first-order valence-electron chi connectivity index (χ1n) is 5.94. The highest BCUT2D eigenvalue weighted by atomic mass is 19.1. The predicted octanol–water partition coefficient (Wildman–Crippen LogP) is 3.44. The van der Waals surface area contributed by atoms with Crippen molar-refractivity contribution in [2.45, 2.75) is 40.8 Å². The van der Waals surface area contributed by atoms with E-state index in [9.17, 15) is 14.0 Å². The molecule has 18 heavy (non-hydrogen) atoms. The van der Waals surface area contributed by atoms with E-state index >= 15 is 0 Å². The number of halogens is 1. The van der Waals surface area contributed by atoms with Crippen LogP contribution in [0.5, 0.6) is 0 Å².